The van der Waals surface area contributed by atoms with E-state index in [0.717, 1.165) is 32.8 Å². The number of aromatic nitrogens is 2. The minimum Gasteiger partial charge on any atom is -0.464 e. The first-order valence-corrected chi connectivity index (χ1v) is 8.61. The maximum atomic E-state index is 12.2. The van der Waals surface area contributed by atoms with Crippen LogP contribution in [0.25, 0.3) is 0 Å². The van der Waals surface area contributed by atoms with E-state index >= 15 is 0 Å². The number of nitro benzene ring substituents is 1. The highest BCUT2D eigenvalue weighted by Crippen LogP contribution is 2.25. The summed E-state index contributed by atoms with van der Waals surface area (Å²) in [6.45, 7) is 4.43. The van der Waals surface area contributed by atoms with Crippen LogP contribution in [0.1, 0.15) is 10.5 Å². The second kappa shape index (κ2) is 9.10. The Kier molecular flexibility index (Phi) is 6.34. The van der Waals surface area contributed by atoms with Crippen LogP contribution in [-0.4, -0.2) is 64.9 Å². The van der Waals surface area contributed by atoms with Crippen molar-refractivity contribution < 1.29 is 19.2 Å². The molecule has 0 spiro atoms. The van der Waals surface area contributed by atoms with Crippen LogP contribution in [0.5, 0.6) is 5.75 Å². The highest BCUT2D eigenvalue weighted by atomic mass is 16.6. The molecule has 2 aromatic rings. The first-order chi connectivity index (χ1) is 13.1. The monoisotopic (exact) mass is 375 g/mol. The second-order valence-electron chi connectivity index (χ2n) is 5.95. The van der Waals surface area contributed by atoms with Crippen LogP contribution in [0.3, 0.4) is 0 Å². The molecule has 0 bridgehead atoms. The van der Waals surface area contributed by atoms with E-state index in [-0.39, 0.29) is 29.8 Å². The quantitative estimate of drug-likeness (QED) is 0.539. The Morgan fingerprint density at radius 3 is 2.85 bits per heavy atom. The van der Waals surface area contributed by atoms with Crippen molar-refractivity contribution in [2.75, 3.05) is 39.4 Å². The van der Waals surface area contributed by atoms with Crippen molar-refractivity contribution in [3.8, 4) is 5.75 Å². The molecule has 0 saturated carbocycles. The van der Waals surface area contributed by atoms with Gasteiger partial charge in [0.15, 0.2) is 12.5 Å². The lowest BCUT2D eigenvalue weighted by Crippen LogP contribution is -2.41. The van der Waals surface area contributed by atoms with Crippen molar-refractivity contribution >= 4 is 11.6 Å². The Bertz CT molecular complexity index is 788. The fraction of sp³-hybridized carbons (Fsp3) is 0.412. The molecule has 1 fully saturated rings. The normalized spacial score (nSPS) is 14.7. The van der Waals surface area contributed by atoms with Crippen LogP contribution >= 0.6 is 0 Å². The molecular weight excluding hydrogens is 354 g/mol. The zero-order valence-electron chi connectivity index (χ0n) is 14.7. The lowest BCUT2D eigenvalue weighted by atomic mass is 10.3. The number of rotatable bonds is 8. The molecule has 144 valence electrons. The average Bonchev–Trinajstić information content (AvgIpc) is 3.16. The number of para-hydroxylation sites is 2. The summed E-state index contributed by atoms with van der Waals surface area (Å²) in [4.78, 5) is 24.9. The highest BCUT2D eigenvalue weighted by Gasteiger charge is 2.15. The van der Waals surface area contributed by atoms with Gasteiger partial charge in [0, 0.05) is 38.4 Å². The number of carbonyl (C=O) groups excluding carboxylic acids is 1. The summed E-state index contributed by atoms with van der Waals surface area (Å²) in [6.07, 6.45) is 1.59. The Labute approximate surface area is 155 Å². The number of hydrogen-bond donors (Lipinski definition) is 1. The molecule has 1 aliphatic heterocycles. The maximum absolute atomic E-state index is 12.2. The summed E-state index contributed by atoms with van der Waals surface area (Å²) in [5.41, 5.74) is 0.147. The maximum Gasteiger partial charge on any atom is 0.311 e. The molecule has 0 unspecified atom stereocenters. The van der Waals surface area contributed by atoms with E-state index < -0.39 is 4.92 Å². The molecule has 10 heteroatoms. The molecule has 27 heavy (non-hydrogen) atoms. The van der Waals surface area contributed by atoms with Crippen LogP contribution in [0.4, 0.5) is 5.69 Å². The van der Waals surface area contributed by atoms with Gasteiger partial charge in [-0.15, -0.1) is 0 Å². The van der Waals surface area contributed by atoms with Crippen LogP contribution in [0.15, 0.2) is 36.5 Å². The number of hydrogen-bond acceptors (Lipinski definition) is 7. The Morgan fingerprint density at radius 2 is 2.07 bits per heavy atom. The summed E-state index contributed by atoms with van der Waals surface area (Å²) >= 11 is 0. The third-order valence-electron chi connectivity index (χ3n) is 4.10. The minimum atomic E-state index is -0.508. The lowest BCUT2D eigenvalue weighted by Gasteiger charge is -2.26. The zero-order valence-corrected chi connectivity index (χ0v) is 14.7. The lowest BCUT2D eigenvalue weighted by molar-refractivity contribution is -0.386. The molecule has 10 nitrogen and oxygen atoms in total. The smallest absolute Gasteiger partial charge is 0.311 e. The summed E-state index contributed by atoms with van der Waals surface area (Å²) in [5, 5.41) is 18.0. The number of benzene rings is 1. The molecule has 0 aliphatic carbocycles. The van der Waals surface area contributed by atoms with E-state index in [1.807, 2.05) is 0 Å². The molecule has 0 radical (unpaired) electrons. The van der Waals surface area contributed by atoms with Gasteiger partial charge in [0.05, 0.1) is 18.1 Å². The van der Waals surface area contributed by atoms with Crippen LogP contribution in [0.2, 0.25) is 0 Å². The third-order valence-corrected chi connectivity index (χ3v) is 4.10. The minimum absolute atomic E-state index is 0.0358. The van der Waals surface area contributed by atoms with Gasteiger partial charge in [0.25, 0.3) is 5.91 Å². The van der Waals surface area contributed by atoms with Gasteiger partial charge in [-0.3, -0.25) is 19.8 Å². The van der Waals surface area contributed by atoms with Crippen molar-refractivity contribution in [2.45, 2.75) is 6.73 Å². The van der Waals surface area contributed by atoms with Gasteiger partial charge in [-0.05, 0) is 12.1 Å². The van der Waals surface area contributed by atoms with Gasteiger partial charge in [-0.2, -0.15) is 5.10 Å². The van der Waals surface area contributed by atoms with Crippen LogP contribution < -0.4 is 10.1 Å². The molecule has 1 aliphatic rings. The molecular formula is C17H21N5O5. The van der Waals surface area contributed by atoms with Gasteiger partial charge in [-0.1, -0.05) is 12.1 Å². The largest absolute Gasteiger partial charge is 0.464 e. The van der Waals surface area contributed by atoms with E-state index in [0.29, 0.717) is 6.54 Å². The highest BCUT2D eigenvalue weighted by molar-refractivity contribution is 5.92. The number of nitro groups is 1. The van der Waals surface area contributed by atoms with E-state index in [2.05, 4.69) is 15.3 Å². The predicted octanol–water partition coefficient (Wildman–Crippen LogP) is 0.890. The number of carbonyl (C=O) groups is 1. The van der Waals surface area contributed by atoms with E-state index in [1.165, 1.54) is 16.8 Å². The molecule has 0 atom stereocenters. The number of nitrogens with zero attached hydrogens (tertiary/aromatic N) is 4. The summed E-state index contributed by atoms with van der Waals surface area (Å²) in [7, 11) is 0. The van der Waals surface area contributed by atoms with Gasteiger partial charge >= 0.3 is 5.69 Å². The van der Waals surface area contributed by atoms with Gasteiger partial charge in [0.1, 0.15) is 5.69 Å². The van der Waals surface area contributed by atoms with E-state index in [9.17, 15) is 14.9 Å². The Balaban J connectivity index is 1.48. The molecule has 1 N–H and O–H groups in total. The fourth-order valence-corrected chi connectivity index (χ4v) is 2.66. The fourth-order valence-electron chi connectivity index (χ4n) is 2.66. The predicted molar refractivity (Wildman–Crippen MR) is 95.5 cm³/mol. The standard InChI is InChI=1S/C17H21N5O5/c23-17(18-6-8-20-9-11-26-12-10-20)14-5-7-21(19-14)13-27-16-4-2-1-3-15(16)22(24)25/h1-5,7H,6,8-13H2,(H,18,23). The van der Waals surface area contributed by atoms with E-state index in [1.54, 1.807) is 24.4 Å². The Morgan fingerprint density at radius 1 is 1.30 bits per heavy atom. The summed E-state index contributed by atoms with van der Waals surface area (Å²) in [6, 6.07) is 7.68. The molecule has 1 aromatic heterocycles. The zero-order chi connectivity index (χ0) is 19.1. The Hall–Kier alpha value is -2.98. The van der Waals surface area contributed by atoms with Crippen LogP contribution in [-0.2, 0) is 11.5 Å². The van der Waals surface area contributed by atoms with Gasteiger partial charge in [0.2, 0.25) is 0 Å². The summed E-state index contributed by atoms with van der Waals surface area (Å²) in [5.74, 6) is -0.123. The average molecular weight is 375 g/mol. The topological polar surface area (TPSA) is 112 Å². The molecule has 2 heterocycles. The first-order valence-electron chi connectivity index (χ1n) is 8.61. The first kappa shape index (κ1) is 18.8. The molecule has 1 amide bonds. The third kappa shape index (κ3) is 5.25. The van der Waals surface area contributed by atoms with Crippen molar-refractivity contribution in [1.82, 2.24) is 20.0 Å². The SMILES string of the molecule is O=C(NCCN1CCOCC1)c1ccn(COc2ccccc2[N+](=O)[O-])n1. The van der Waals surface area contributed by atoms with Crippen molar-refractivity contribution in [3.63, 3.8) is 0 Å². The summed E-state index contributed by atoms with van der Waals surface area (Å²) < 4.78 is 12.1. The van der Waals surface area contributed by atoms with E-state index in [4.69, 9.17) is 9.47 Å². The molecule has 3 rings (SSSR count). The molecule has 1 aromatic carbocycles. The van der Waals surface area contributed by atoms with Crippen molar-refractivity contribution in [3.05, 3.63) is 52.3 Å². The number of nitrogens with one attached hydrogen (secondary N) is 1. The number of morpholine rings is 1. The van der Waals surface area contributed by atoms with Crippen LogP contribution in [0, 0.1) is 10.1 Å². The van der Waals surface area contributed by atoms with Gasteiger partial charge < -0.3 is 14.8 Å². The molecule has 1 saturated heterocycles. The van der Waals surface area contributed by atoms with Gasteiger partial charge in [-0.25, -0.2) is 4.68 Å². The second-order valence-corrected chi connectivity index (χ2v) is 5.95. The number of amides is 1. The van der Waals surface area contributed by atoms with Crippen molar-refractivity contribution in [1.29, 1.82) is 0 Å². The number of ether oxygens (including phenoxy) is 2. The van der Waals surface area contributed by atoms with Crippen molar-refractivity contribution in [2.24, 2.45) is 0 Å².